The molecule has 0 aliphatic rings. The zero-order chi connectivity index (χ0) is 17.8. The van der Waals surface area contributed by atoms with Crippen LogP contribution in [0.25, 0.3) is 0 Å². The van der Waals surface area contributed by atoms with Crippen molar-refractivity contribution < 1.29 is 20.4 Å². The second kappa shape index (κ2) is 21.8. The highest BCUT2D eigenvalue weighted by atomic mass is 16.5. The second-order valence-electron chi connectivity index (χ2n) is 6.43. The molecule has 1 unspecified atom stereocenters. The van der Waals surface area contributed by atoms with Crippen LogP contribution in [0.5, 0.6) is 0 Å². The van der Waals surface area contributed by atoms with Crippen molar-refractivity contribution in [3.8, 4) is 0 Å². The Morgan fingerprint density at radius 3 is 1.35 bits per heavy atom. The summed E-state index contributed by atoms with van der Waals surface area (Å²) in [6.45, 7) is 4.30. The molecule has 0 bridgehead atoms. The Hall–Kier alpha value is -0.160. The van der Waals surface area contributed by atoms with E-state index in [0.29, 0.717) is 6.42 Å². The number of rotatable bonds is 15. The summed E-state index contributed by atoms with van der Waals surface area (Å²) in [6, 6.07) is 0. The Morgan fingerprint density at radius 2 is 0.957 bits per heavy atom. The molecule has 4 nitrogen and oxygen atoms in total. The predicted molar refractivity (Wildman–Crippen MR) is 97.3 cm³/mol. The summed E-state index contributed by atoms with van der Waals surface area (Å²) in [7, 11) is 0. The summed E-state index contributed by atoms with van der Waals surface area (Å²) >= 11 is 0. The van der Waals surface area contributed by atoms with Gasteiger partial charge >= 0.3 is 0 Å². The van der Waals surface area contributed by atoms with Crippen LogP contribution in [0, 0.1) is 0 Å². The Balaban J connectivity index is 0. The summed E-state index contributed by atoms with van der Waals surface area (Å²) < 4.78 is 0. The largest absolute Gasteiger partial charge is 0.394 e. The van der Waals surface area contributed by atoms with E-state index in [1.54, 1.807) is 0 Å². The van der Waals surface area contributed by atoms with Gasteiger partial charge in [0.25, 0.3) is 0 Å². The van der Waals surface area contributed by atoms with Gasteiger partial charge in [0.05, 0.1) is 12.7 Å². The van der Waals surface area contributed by atoms with E-state index >= 15 is 0 Å². The highest BCUT2D eigenvalue weighted by Crippen LogP contribution is 2.09. The summed E-state index contributed by atoms with van der Waals surface area (Å²) in [5.74, 6) is 0. The molecule has 0 aliphatic carbocycles. The molecule has 23 heavy (non-hydrogen) atoms. The molecule has 0 rings (SSSR count). The molecule has 1 atom stereocenters. The monoisotopic (exact) mass is 334 g/mol. The molecule has 0 aliphatic heterocycles. The van der Waals surface area contributed by atoms with Crippen LogP contribution in [0.1, 0.15) is 104 Å². The predicted octanol–water partition coefficient (Wildman–Crippen LogP) is 4.14. The van der Waals surface area contributed by atoms with Gasteiger partial charge in [0, 0.05) is 0 Å². The van der Waals surface area contributed by atoms with Crippen molar-refractivity contribution in [1.29, 1.82) is 0 Å². The first-order valence-electron chi connectivity index (χ1n) is 9.73. The van der Waals surface area contributed by atoms with Crippen molar-refractivity contribution in [3.63, 3.8) is 0 Å². The Bertz CT molecular complexity index is 198. The van der Waals surface area contributed by atoms with Gasteiger partial charge in [0.15, 0.2) is 6.29 Å². The summed E-state index contributed by atoms with van der Waals surface area (Å²) in [5, 5.41) is 34.5. The summed E-state index contributed by atoms with van der Waals surface area (Å²) in [4.78, 5) is 0. The molecule has 0 aromatic rings. The van der Waals surface area contributed by atoms with E-state index in [1.165, 1.54) is 57.8 Å². The Labute approximate surface area is 143 Å². The number of aliphatic hydroxyl groups excluding tert-OH is 3. The number of hydrogen-bond acceptors (Lipinski definition) is 4. The van der Waals surface area contributed by atoms with Gasteiger partial charge in [-0.15, -0.1) is 0 Å². The van der Waals surface area contributed by atoms with E-state index in [2.05, 4.69) is 13.8 Å². The number of unbranched alkanes of at least 4 members (excludes halogenated alkanes) is 10. The third kappa shape index (κ3) is 27.0. The van der Waals surface area contributed by atoms with Crippen molar-refractivity contribution >= 4 is 0 Å². The topological polar surface area (TPSA) is 80.9 Å². The van der Waals surface area contributed by atoms with Crippen LogP contribution >= 0.6 is 0 Å². The lowest BCUT2D eigenvalue weighted by atomic mass is 10.1. The van der Waals surface area contributed by atoms with Crippen LogP contribution in [0.15, 0.2) is 0 Å². The van der Waals surface area contributed by atoms with E-state index in [1.807, 2.05) is 0 Å². The number of hydrogen-bond donors (Lipinski definition) is 4. The first-order valence-corrected chi connectivity index (χ1v) is 9.73. The lowest BCUT2D eigenvalue weighted by molar-refractivity contribution is -0.0466. The normalized spacial score (nSPS) is 12.1. The van der Waals surface area contributed by atoms with E-state index in [4.69, 9.17) is 20.4 Å². The van der Waals surface area contributed by atoms with E-state index in [0.717, 1.165) is 25.7 Å². The van der Waals surface area contributed by atoms with Crippen LogP contribution in [-0.4, -0.2) is 39.4 Å². The third-order valence-electron chi connectivity index (χ3n) is 3.92. The molecule has 0 aromatic carbocycles. The molecular weight excluding hydrogens is 292 g/mol. The van der Waals surface area contributed by atoms with E-state index in [9.17, 15) is 0 Å². The molecular formula is C19H42O4. The van der Waals surface area contributed by atoms with Crippen molar-refractivity contribution in [2.45, 2.75) is 116 Å². The van der Waals surface area contributed by atoms with E-state index < -0.39 is 12.4 Å². The van der Waals surface area contributed by atoms with Gasteiger partial charge < -0.3 is 20.4 Å². The van der Waals surface area contributed by atoms with Gasteiger partial charge in [0.1, 0.15) is 0 Å². The maximum Gasteiger partial charge on any atom is 0.151 e. The minimum absolute atomic E-state index is 0.0895. The van der Waals surface area contributed by atoms with Crippen LogP contribution in [-0.2, 0) is 0 Å². The van der Waals surface area contributed by atoms with Crippen LogP contribution in [0.4, 0.5) is 0 Å². The smallest absolute Gasteiger partial charge is 0.151 e. The highest BCUT2D eigenvalue weighted by molar-refractivity contribution is 4.52. The lowest BCUT2D eigenvalue weighted by Gasteiger charge is -2.05. The molecule has 0 saturated carbocycles. The summed E-state index contributed by atoms with van der Waals surface area (Å²) in [6.07, 6.45) is 14.3. The fraction of sp³-hybridized carbons (Fsp3) is 1.00. The lowest BCUT2D eigenvalue weighted by Crippen LogP contribution is -2.10. The first-order chi connectivity index (χ1) is 11.1. The SMILES string of the molecule is CCCCCCCC(O)CO.CCCCCCCCCC(O)O. The van der Waals surface area contributed by atoms with E-state index in [-0.39, 0.29) is 6.61 Å². The molecule has 4 heteroatoms. The maximum absolute atomic E-state index is 8.96. The van der Waals surface area contributed by atoms with Gasteiger partial charge in [-0.1, -0.05) is 84.5 Å². The van der Waals surface area contributed by atoms with Gasteiger partial charge in [-0.05, 0) is 19.3 Å². The molecule has 0 heterocycles. The van der Waals surface area contributed by atoms with Gasteiger partial charge in [-0.25, -0.2) is 0 Å². The van der Waals surface area contributed by atoms with Crippen molar-refractivity contribution in [2.75, 3.05) is 6.61 Å². The van der Waals surface area contributed by atoms with Crippen LogP contribution < -0.4 is 0 Å². The summed E-state index contributed by atoms with van der Waals surface area (Å²) in [5.41, 5.74) is 0. The molecule has 142 valence electrons. The average molecular weight is 335 g/mol. The van der Waals surface area contributed by atoms with Crippen LogP contribution in [0.2, 0.25) is 0 Å². The molecule has 0 amide bonds. The van der Waals surface area contributed by atoms with Crippen molar-refractivity contribution in [1.82, 2.24) is 0 Å². The van der Waals surface area contributed by atoms with Gasteiger partial charge in [0.2, 0.25) is 0 Å². The molecule has 0 saturated heterocycles. The highest BCUT2D eigenvalue weighted by Gasteiger charge is 1.99. The van der Waals surface area contributed by atoms with Crippen molar-refractivity contribution in [2.24, 2.45) is 0 Å². The van der Waals surface area contributed by atoms with Gasteiger partial charge in [-0.3, -0.25) is 0 Å². The number of aliphatic hydroxyl groups is 4. The standard InChI is InChI=1S/C10H22O2.C9H20O2/c1-2-3-4-5-6-7-8-9-10(11)12;1-2-3-4-5-6-7-9(11)8-10/h10-12H,2-9H2,1H3;9-11H,2-8H2,1H3. The second-order valence-corrected chi connectivity index (χ2v) is 6.43. The molecule has 0 radical (unpaired) electrons. The molecule has 0 spiro atoms. The van der Waals surface area contributed by atoms with Crippen molar-refractivity contribution in [3.05, 3.63) is 0 Å². The Kier molecular flexibility index (Phi) is 23.8. The zero-order valence-electron chi connectivity index (χ0n) is 15.6. The molecule has 0 aromatic heterocycles. The maximum atomic E-state index is 8.96. The minimum Gasteiger partial charge on any atom is -0.394 e. The average Bonchev–Trinajstić information content (AvgIpc) is 2.54. The zero-order valence-corrected chi connectivity index (χ0v) is 15.6. The Morgan fingerprint density at radius 1 is 0.565 bits per heavy atom. The quantitative estimate of drug-likeness (QED) is 0.268. The minimum atomic E-state index is -1.10. The fourth-order valence-electron chi connectivity index (χ4n) is 2.36. The van der Waals surface area contributed by atoms with Gasteiger partial charge in [-0.2, -0.15) is 0 Å². The first kappa shape index (κ1) is 25.1. The van der Waals surface area contributed by atoms with Crippen LogP contribution in [0.3, 0.4) is 0 Å². The third-order valence-corrected chi connectivity index (χ3v) is 3.92. The molecule has 0 fully saturated rings. The molecule has 4 N–H and O–H groups in total. The fourth-order valence-corrected chi connectivity index (χ4v) is 2.36.